The first kappa shape index (κ1) is 10.2. The van der Waals surface area contributed by atoms with E-state index in [0.717, 1.165) is 12.0 Å². The number of hydrogen-bond acceptors (Lipinski definition) is 2. The SMILES string of the molecule is CC(CCc1ccsc1)CNC1CC1. The van der Waals surface area contributed by atoms with E-state index < -0.39 is 0 Å². The molecule has 1 aliphatic carbocycles. The van der Waals surface area contributed by atoms with Crippen molar-refractivity contribution in [3.05, 3.63) is 22.4 Å². The molecule has 0 radical (unpaired) electrons. The van der Waals surface area contributed by atoms with Crippen LogP contribution in [0.25, 0.3) is 0 Å². The van der Waals surface area contributed by atoms with Crippen molar-refractivity contribution in [1.82, 2.24) is 5.32 Å². The molecule has 2 heteroatoms. The van der Waals surface area contributed by atoms with Gasteiger partial charge in [0.25, 0.3) is 0 Å². The lowest BCUT2D eigenvalue weighted by atomic mass is 10.0. The zero-order valence-corrected chi connectivity index (χ0v) is 9.65. The molecule has 0 spiro atoms. The normalized spacial score (nSPS) is 18.4. The van der Waals surface area contributed by atoms with E-state index in [2.05, 4.69) is 29.1 Å². The quantitative estimate of drug-likeness (QED) is 0.759. The van der Waals surface area contributed by atoms with Gasteiger partial charge in [0.1, 0.15) is 0 Å². The number of aryl methyl sites for hydroxylation is 1. The molecule has 1 heterocycles. The predicted molar refractivity (Wildman–Crippen MR) is 62.8 cm³/mol. The molecule has 1 aromatic rings. The number of nitrogens with one attached hydrogen (secondary N) is 1. The largest absolute Gasteiger partial charge is 0.314 e. The van der Waals surface area contributed by atoms with Crippen LogP contribution in [0, 0.1) is 5.92 Å². The highest BCUT2D eigenvalue weighted by Gasteiger charge is 2.20. The van der Waals surface area contributed by atoms with Crippen LogP contribution in [0.15, 0.2) is 16.8 Å². The van der Waals surface area contributed by atoms with E-state index in [-0.39, 0.29) is 0 Å². The Morgan fingerprint density at radius 2 is 2.43 bits per heavy atom. The van der Waals surface area contributed by atoms with Gasteiger partial charge in [0.05, 0.1) is 0 Å². The lowest BCUT2D eigenvalue weighted by molar-refractivity contribution is 0.480. The summed E-state index contributed by atoms with van der Waals surface area (Å²) >= 11 is 1.80. The van der Waals surface area contributed by atoms with Gasteiger partial charge in [-0.2, -0.15) is 11.3 Å². The van der Waals surface area contributed by atoms with E-state index in [9.17, 15) is 0 Å². The third kappa shape index (κ3) is 3.43. The van der Waals surface area contributed by atoms with Gasteiger partial charge in [0, 0.05) is 6.04 Å². The Bertz CT molecular complexity index is 251. The van der Waals surface area contributed by atoms with Gasteiger partial charge in [-0.1, -0.05) is 6.92 Å². The molecule has 0 amide bonds. The fourth-order valence-corrected chi connectivity index (χ4v) is 2.31. The molecule has 0 bridgehead atoms. The maximum absolute atomic E-state index is 3.59. The molecule has 1 saturated carbocycles. The highest BCUT2D eigenvalue weighted by Crippen LogP contribution is 2.19. The van der Waals surface area contributed by atoms with Crippen LogP contribution in [0.1, 0.15) is 31.7 Å². The minimum Gasteiger partial charge on any atom is -0.314 e. The Kier molecular flexibility index (Phi) is 3.60. The minimum atomic E-state index is 0.815. The van der Waals surface area contributed by atoms with Gasteiger partial charge in [-0.25, -0.2) is 0 Å². The zero-order valence-electron chi connectivity index (χ0n) is 8.83. The second-order valence-electron chi connectivity index (χ2n) is 4.46. The Balaban J connectivity index is 1.59. The maximum atomic E-state index is 3.59. The van der Waals surface area contributed by atoms with Crippen molar-refractivity contribution in [2.24, 2.45) is 5.92 Å². The molecular formula is C12H19NS. The molecule has 14 heavy (non-hydrogen) atoms. The first-order valence-corrected chi connectivity index (χ1v) is 6.53. The summed E-state index contributed by atoms with van der Waals surface area (Å²) in [6.45, 7) is 3.55. The molecular weight excluding hydrogens is 190 g/mol. The van der Waals surface area contributed by atoms with Crippen LogP contribution < -0.4 is 5.32 Å². The molecule has 1 unspecified atom stereocenters. The van der Waals surface area contributed by atoms with Crippen molar-refractivity contribution >= 4 is 11.3 Å². The Morgan fingerprint density at radius 3 is 3.07 bits per heavy atom. The third-order valence-corrected chi connectivity index (χ3v) is 3.57. The van der Waals surface area contributed by atoms with Gasteiger partial charge in [0.2, 0.25) is 0 Å². The lowest BCUT2D eigenvalue weighted by Gasteiger charge is -2.11. The van der Waals surface area contributed by atoms with E-state index >= 15 is 0 Å². The average Bonchev–Trinajstić information content (AvgIpc) is 2.87. The molecule has 0 saturated heterocycles. The summed E-state index contributed by atoms with van der Waals surface area (Å²) in [7, 11) is 0. The lowest BCUT2D eigenvalue weighted by Crippen LogP contribution is -2.23. The summed E-state index contributed by atoms with van der Waals surface area (Å²) in [5, 5.41) is 8.02. The Hall–Kier alpha value is -0.340. The molecule has 0 aromatic carbocycles. The first-order chi connectivity index (χ1) is 6.84. The number of thiophene rings is 1. The molecule has 1 atom stereocenters. The molecule has 1 aromatic heterocycles. The van der Waals surface area contributed by atoms with Crippen LogP contribution in [0.2, 0.25) is 0 Å². The van der Waals surface area contributed by atoms with Gasteiger partial charge >= 0.3 is 0 Å². The summed E-state index contributed by atoms with van der Waals surface area (Å²) in [6.07, 6.45) is 5.36. The highest BCUT2D eigenvalue weighted by atomic mass is 32.1. The van der Waals surface area contributed by atoms with Gasteiger partial charge in [-0.15, -0.1) is 0 Å². The van der Waals surface area contributed by atoms with Gasteiger partial charge in [-0.05, 0) is 60.5 Å². The van der Waals surface area contributed by atoms with Crippen molar-refractivity contribution < 1.29 is 0 Å². The fourth-order valence-electron chi connectivity index (χ4n) is 1.61. The van der Waals surface area contributed by atoms with E-state index in [1.807, 2.05) is 0 Å². The number of rotatable bonds is 6. The van der Waals surface area contributed by atoms with Gasteiger partial charge in [-0.3, -0.25) is 0 Å². The minimum absolute atomic E-state index is 0.815. The summed E-state index contributed by atoms with van der Waals surface area (Å²) in [5.41, 5.74) is 1.51. The van der Waals surface area contributed by atoms with Crippen LogP contribution in [0.4, 0.5) is 0 Å². The van der Waals surface area contributed by atoms with Crippen LogP contribution in [-0.2, 0) is 6.42 Å². The van der Waals surface area contributed by atoms with Crippen molar-refractivity contribution in [3.8, 4) is 0 Å². The maximum Gasteiger partial charge on any atom is 0.00683 e. The topological polar surface area (TPSA) is 12.0 Å². The smallest absolute Gasteiger partial charge is 0.00683 e. The van der Waals surface area contributed by atoms with Crippen molar-refractivity contribution in [2.75, 3.05) is 6.54 Å². The van der Waals surface area contributed by atoms with E-state index in [1.165, 1.54) is 37.8 Å². The van der Waals surface area contributed by atoms with Crippen LogP contribution in [-0.4, -0.2) is 12.6 Å². The Morgan fingerprint density at radius 1 is 1.57 bits per heavy atom. The summed E-state index contributed by atoms with van der Waals surface area (Å²) in [4.78, 5) is 0. The third-order valence-electron chi connectivity index (χ3n) is 2.84. The van der Waals surface area contributed by atoms with Crippen LogP contribution in [0.5, 0.6) is 0 Å². The highest BCUT2D eigenvalue weighted by molar-refractivity contribution is 7.07. The molecule has 1 fully saturated rings. The summed E-state index contributed by atoms with van der Waals surface area (Å²) in [5.74, 6) is 0.815. The van der Waals surface area contributed by atoms with E-state index in [4.69, 9.17) is 0 Å². The molecule has 1 nitrogen and oxygen atoms in total. The monoisotopic (exact) mass is 209 g/mol. The summed E-state index contributed by atoms with van der Waals surface area (Å²) in [6, 6.07) is 3.10. The molecule has 1 N–H and O–H groups in total. The zero-order chi connectivity index (χ0) is 9.80. The average molecular weight is 209 g/mol. The van der Waals surface area contributed by atoms with Crippen LogP contribution in [0.3, 0.4) is 0 Å². The van der Waals surface area contributed by atoms with Gasteiger partial charge in [0.15, 0.2) is 0 Å². The fraction of sp³-hybridized carbons (Fsp3) is 0.667. The summed E-state index contributed by atoms with van der Waals surface area (Å²) < 4.78 is 0. The van der Waals surface area contributed by atoms with E-state index in [1.54, 1.807) is 11.3 Å². The van der Waals surface area contributed by atoms with Crippen molar-refractivity contribution in [2.45, 2.75) is 38.6 Å². The van der Waals surface area contributed by atoms with Crippen molar-refractivity contribution in [1.29, 1.82) is 0 Å². The van der Waals surface area contributed by atoms with Gasteiger partial charge < -0.3 is 5.32 Å². The van der Waals surface area contributed by atoms with E-state index in [0.29, 0.717) is 0 Å². The second-order valence-corrected chi connectivity index (χ2v) is 5.24. The molecule has 78 valence electrons. The van der Waals surface area contributed by atoms with Crippen molar-refractivity contribution in [3.63, 3.8) is 0 Å². The van der Waals surface area contributed by atoms with Crippen LogP contribution >= 0.6 is 11.3 Å². The predicted octanol–water partition coefficient (Wildman–Crippen LogP) is 3.07. The second kappa shape index (κ2) is 4.94. The standard InChI is InChI=1S/C12H19NS/c1-10(8-13-12-4-5-12)2-3-11-6-7-14-9-11/h6-7,9-10,12-13H,2-5,8H2,1H3. The molecule has 2 rings (SSSR count). The number of hydrogen-bond donors (Lipinski definition) is 1. The molecule has 1 aliphatic rings. The Labute approximate surface area is 90.5 Å². The first-order valence-electron chi connectivity index (χ1n) is 5.59. The molecule has 0 aliphatic heterocycles.